The molecule has 0 fully saturated rings. The lowest BCUT2D eigenvalue weighted by atomic mass is 10.1. The molecule has 0 aliphatic carbocycles. The quantitative estimate of drug-likeness (QED) is 0.873. The van der Waals surface area contributed by atoms with Gasteiger partial charge in [-0.3, -0.25) is 9.52 Å². The minimum absolute atomic E-state index is 0.103. The van der Waals surface area contributed by atoms with E-state index in [1.54, 1.807) is 25.1 Å². The number of rotatable bonds is 5. The number of sulfonamides is 1. The second kappa shape index (κ2) is 7.05. The van der Waals surface area contributed by atoms with Gasteiger partial charge < -0.3 is 5.32 Å². The molecule has 2 aromatic carbocycles. The predicted octanol–water partition coefficient (Wildman–Crippen LogP) is 3.16. The Morgan fingerprint density at radius 1 is 1.00 bits per heavy atom. The van der Waals surface area contributed by atoms with E-state index in [0.29, 0.717) is 23.4 Å². The van der Waals surface area contributed by atoms with E-state index < -0.39 is 10.0 Å². The van der Waals surface area contributed by atoms with Crippen molar-refractivity contribution < 1.29 is 13.2 Å². The van der Waals surface area contributed by atoms with Gasteiger partial charge in [0.05, 0.1) is 10.6 Å². The number of carbonyl (C=O) groups is 1. The van der Waals surface area contributed by atoms with Gasteiger partial charge in [-0.2, -0.15) is 0 Å². The van der Waals surface area contributed by atoms with Gasteiger partial charge in [0.2, 0.25) is 0 Å². The number of anilines is 1. The molecule has 0 spiro atoms. The Morgan fingerprint density at radius 2 is 1.71 bits per heavy atom. The normalized spacial score (nSPS) is 11.2. The maximum absolute atomic E-state index is 12.7. The Balaban J connectivity index is 2.41. The summed E-state index contributed by atoms with van der Waals surface area (Å²) in [5.74, 6) is -0.291. The molecule has 2 rings (SSSR count). The summed E-state index contributed by atoms with van der Waals surface area (Å²) in [6.45, 7) is 7.80. The summed E-state index contributed by atoms with van der Waals surface area (Å²) in [7, 11) is -3.78. The van der Waals surface area contributed by atoms with E-state index in [9.17, 15) is 13.2 Å². The van der Waals surface area contributed by atoms with Crippen molar-refractivity contribution in [2.45, 2.75) is 32.6 Å². The van der Waals surface area contributed by atoms with Gasteiger partial charge >= 0.3 is 0 Å². The Labute approximate surface area is 143 Å². The molecule has 0 aromatic heterocycles. The SMILES string of the molecule is CCNC(=O)c1ccc(C)c(S(=O)(=O)Nc2ccc(C)cc2C)c1. The zero-order valence-electron chi connectivity index (χ0n) is 14.3. The van der Waals surface area contributed by atoms with Crippen molar-refractivity contribution in [1.82, 2.24) is 5.32 Å². The average molecular weight is 346 g/mol. The number of amides is 1. The Hall–Kier alpha value is -2.34. The Kier molecular flexibility index (Phi) is 5.29. The van der Waals surface area contributed by atoms with Gasteiger partial charge in [-0.15, -0.1) is 0 Å². The third-order valence-electron chi connectivity index (χ3n) is 3.70. The zero-order chi connectivity index (χ0) is 17.9. The van der Waals surface area contributed by atoms with Crippen molar-refractivity contribution in [3.8, 4) is 0 Å². The first-order chi connectivity index (χ1) is 11.2. The number of benzene rings is 2. The van der Waals surface area contributed by atoms with Crippen molar-refractivity contribution in [2.75, 3.05) is 11.3 Å². The summed E-state index contributed by atoms with van der Waals surface area (Å²) in [5.41, 5.74) is 3.34. The highest BCUT2D eigenvalue weighted by Crippen LogP contribution is 2.23. The smallest absolute Gasteiger partial charge is 0.262 e. The van der Waals surface area contributed by atoms with Gasteiger partial charge in [0.15, 0.2) is 0 Å². The molecule has 0 unspecified atom stereocenters. The molecule has 0 bridgehead atoms. The second-order valence-electron chi connectivity index (χ2n) is 5.76. The number of hydrogen-bond acceptors (Lipinski definition) is 3. The van der Waals surface area contributed by atoms with Crippen LogP contribution in [0.15, 0.2) is 41.3 Å². The molecule has 24 heavy (non-hydrogen) atoms. The maximum atomic E-state index is 12.7. The van der Waals surface area contributed by atoms with Crippen molar-refractivity contribution in [2.24, 2.45) is 0 Å². The van der Waals surface area contributed by atoms with Crippen molar-refractivity contribution in [3.63, 3.8) is 0 Å². The molecular formula is C18H22N2O3S. The molecule has 128 valence electrons. The van der Waals surface area contributed by atoms with E-state index in [4.69, 9.17) is 0 Å². The third kappa shape index (κ3) is 3.94. The second-order valence-corrected chi connectivity index (χ2v) is 7.41. The predicted molar refractivity (Wildman–Crippen MR) is 95.9 cm³/mol. The van der Waals surface area contributed by atoms with Crippen LogP contribution in [-0.2, 0) is 10.0 Å². The summed E-state index contributed by atoms with van der Waals surface area (Å²) in [5, 5.41) is 2.67. The molecule has 0 aliphatic rings. The molecule has 0 heterocycles. The lowest BCUT2D eigenvalue weighted by Gasteiger charge is -2.14. The van der Waals surface area contributed by atoms with Crippen LogP contribution in [0.1, 0.15) is 34.0 Å². The van der Waals surface area contributed by atoms with Crippen LogP contribution in [0.4, 0.5) is 5.69 Å². The largest absolute Gasteiger partial charge is 0.352 e. The molecule has 2 N–H and O–H groups in total. The van der Waals surface area contributed by atoms with E-state index in [1.807, 2.05) is 32.9 Å². The first-order valence-corrected chi connectivity index (χ1v) is 9.22. The zero-order valence-corrected chi connectivity index (χ0v) is 15.1. The fourth-order valence-corrected chi connectivity index (χ4v) is 3.82. The molecular weight excluding hydrogens is 324 g/mol. The van der Waals surface area contributed by atoms with Crippen LogP contribution in [0.3, 0.4) is 0 Å². The van der Waals surface area contributed by atoms with Crippen LogP contribution in [0, 0.1) is 20.8 Å². The fraction of sp³-hybridized carbons (Fsp3) is 0.278. The van der Waals surface area contributed by atoms with Crippen LogP contribution in [-0.4, -0.2) is 20.9 Å². The maximum Gasteiger partial charge on any atom is 0.262 e. The summed E-state index contributed by atoms with van der Waals surface area (Å²) in [6.07, 6.45) is 0. The number of hydrogen-bond donors (Lipinski definition) is 2. The lowest BCUT2D eigenvalue weighted by Crippen LogP contribution is -2.23. The first kappa shape index (κ1) is 18.0. The van der Waals surface area contributed by atoms with E-state index in [-0.39, 0.29) is 10.8 Å². The number of nitrogens with one attached hydrogen (secondary N) is 2. The van der Waals surface area contributed by atoms with E-state index in [2.05, 4.69) is 10.0 Å². The van der Waals surface area contributed by atoms with Gasteiger partial charge in [0.25, 0.3) is 15.9 Å². The molecule has 1 amide bonds. The summed E-state index contributed by atoms with van der Waals surface area (Å²) < 4.78 is 28.1. The molecule has 2 aromatic rings. The molecule has 5 nitrogen and oxygen atoms in total. The third-order valence-corrected chi connectivity index (χ3v) is 5.21. The number of aryl methyl sites for hydroxylation is 3. The van der Waals surface area contributed by atoms with Crippen molar-refractivity contribution in [3.05, 3.63) is 58.7 Å². The lowest BCUT2D eigenvalue weighted by molar-refractivity contribution is 0.0955. The molecule has 0 saturated heterocycles. The van der Waals surface area contributed by atoms with Gasteiger partial charge in [-0.05, 0) is 57.0 Å². The Bertz CT molecular complexity index is 874. The van der Waals surface area contributed by atoms with E-state index in [0.717, 1.165) is 11.1 Å². The van der Waals surface area contributed by atoms with Crippen LogP contribution in [0.2, 0.25) is 0 Å². The van der Waals surface area contributed by atoms with Gasteiger partial charge in [0.1, 0.15) is 0 Å². The number of carbonyl (C=O) groups excluding carboxylic acids is 1. The topological polar surface area (TPSA) is 75.3 Å². The van der Waals surface area contributed by atoms with Crippen LogP contribution in [0.25, 0.3) is 0 Å². The monoisotopic (exact) mass is 346 g/mol. The molecule has 6 heteroatoms. The first-order valence-electron chi connectivity index (χ1n) is 7.73. The van der Waals surface area contributed by atoms with Crippen molar-refractivity contribution >= 4 is 21.6 Å². The summed E-state index contributed by atoms with van der Waals surface area (Å²) in [4.78, 5) is 12.1. The van der Waals surface area contributed by atoms with Gasteiger partial charge in [-0.25, -0.2) is 8.42 Å². The van der Waals surface area contributed by atoms with Crippen LogP contribution < -0.4 is 10.0 Å². The fourth-order valence-electron chi connectivity index (χ4n) is 2.42. The molecule has 0 saturated carbocycles. The molecule has 0 aliphatic heterocycles. The van der Waals surface area contributed by atoms with Gasteiger partial charge in [-0.1, -0.05) is 23.8 Å². The Morgan fingerprint density at radius 3 is 2.33 bits per heavy atom. The van der Waals surface area contributed by atoms with E-state index >= 15 is 0 Å². The molecule has 0 radical (unpaired) electrons. The van der Waals surface area contributed by atoms with Crippen LogP contribution in [0.5, 0.6) is 0 Å². The average Bonchev–Trinajstić information content (AvgIpc) is 2.50. The van der Waals surface area contributed by atoms with Crippen molar-refractivity contribution in [1.29, 1.82) is 0 Å². The molecule has 0 atom stereocenters. The highest BCUT2D eigenvalue weighted by atomic mass is 32.2. The van der Waals surface area contributed by atoms with Crippen LogP contribution >= 0.6 is 0 Å². The standard InChI is InChI=1S/C18H22N2O3S/c1-5-19-18(21)15-8-7-13(3)17(11-15)24(22,23)20-16-9-6-12(2)10-14(16)4/h6-11,20H,5H2,1-4H3,(H,19,21). The highest BCUT2D eigenvalue weighted by Gasteiger charge is 2.20. The van der Waals surface area contributed by atoms with E-state index in [1.165, 1.54) is 6.07 Å². The summed E-state index contributed by atoms with van der Waals surface area (Å²) >= 11 is 0. The summed E-state index contributed by atoms with van der Waals surface area (Å²) in [6, 6.07) is 10.2. The van der Waals surface area contributed by atoms with Gasteiger partial charge in [0, 0.05) is 12.1 Å². The minimum atomic E-state index is -3.78. The minimum Gasteiger partial charge on any atom is -0.352 e. The highest BCUT2D eigenvalue weighted by molar-refractivity contribution is 7.92.